The Morgan fingerprint density at radius 2 is 1.53 bits per heavy atom. The number of carboxylic acids is 1. The van der Waals surface area contributed by atoms with Crippen molar-refractivity contribution in [1.82, 2.24) is 10.2 Å². The molecular formula is C13H26N2O4. The van der Waals surface area contributed by atoms with Crippen molar-refractivity contribution in [2.75, 3.05) is 13.7 Å². The third-order valence-electron chi connectivity index (χ3n) is 4.12. The summed E-state index contributed by atoms with van der Waals surface area (Å²) in [6.45, 7) is 9.72. The SMILES string of the molecule is CN(C(=O)NC(C)(C)C(C)(C)C(=O)O)C(C)(C)CO. The lowest BCUT2D eigenvalue weighted by molar-refractivity contribution is -0.150. The maximum atomic E-state index is 12.1. The monoisotopic (exact) mass is 274 g/mol. The molecule has 0 unspecified atom stereocenters. The van der Waals surface area contributed by atoms with Gasteiger partial charge in [-0.3, -0.25) is 4.79 Å². The maximum absolute atomic E-state index is 12.1. The molecule has 0 aromatic carbocycles. The Kier molecular flexibility index (Phi) is 5.00. The molecule has 0 bridgehead atoms. The Balaban J connectivity index is 5.06. The molecule has 0 aliphatic heterocycles. The molecular weight excluding hydrogens is 248 g/mol. The summed E-state index contributed by atoms with van der Waals surface area (Å²) in [4.78, 5) is 24.8. The molecule has 0 aliphatic carbocycles. The number of nitrogens with zero attached hydrogens (tertiary/aromatic N) is 1. The first-order chi connectivity index (χ1) is 8.29. The summed E-state index contributed by atoms with van der Waals surface area (Å²) in [6, 6.07) is -0.418. The minimum Gasteiger partial charge on any atom is -0.481 e. The second-order valence-corrected chi connectivity index (χ2v) is 6.51. The summed E-state index contributed by atoms with van der Waals surface area (Å²) in [7, 11) is 1.56. The Hall–Kier alpha value is -1.30. The molecule has 0 radical (unpaired) electrons. The molecule has 0 spiro atoms. The second-order valence-electron chi connectivity index (χ2n) is 6.51. The second kappa shape index (κ2) is 5.36. The van der Waals surface area contributed by atoms with Crippen LogP contribution >= 0.6 is 0 Å². The normalized spacial score (nSPS) is 13.1. The minimum absolute atomic E-state index is 0.181. The summed E-state index contributed by atoms with van der Waals surface area (Å²) >= 11 is 0. The van der Waals surface area contributed by atoms with Crippen LogP contribution in [-0.4, -0.2) is 51.8 Å². The molecule has 0 aromatic rings. The van der Waals surface area contributed by atoms with Crippen LogP contribution in [0.4, 0.5) is 4.79 Å². The van der Waals surface area contributed by atoms with Gasteiger partial charge in [0.25, 0.3) is 0 Å². The van der Waals surface area contributed by atoms with Crippen LogP contribution in [0.15, 0.2) is 0 Å². The van der Waals surface area contributed by atoms with Crippen LogP contribution in [0.2, 0.25) is 0 Å². The number of aliphatic hydroxyl groups is 1. The molecule has 19 heavy (non-hydrogen) atoms. The summed E-state index contributed by atoms with van der Waals surface area (Å²) in [5.41, 5.74) is -2.77. The highest BCUT2D eigenvalue weighted by atomic mass is 16.4. The van der Waals surface area contributed by atoms with Gasteiger partial charge in [0.15, 0.2) is 0 Å². The van der Waals surface area contributed by atoms with Gasteiger partial charge in [-0.15, -0.1) is 0 Å². The van der Waals surface area contributed by atoms with Crippen molar-refractivity contribution < 1.29 is 19.8 Å². The lowest BCUT2D eigenvalue weighted by Crippen LogP contribution is -2.62. The fourth-order valence-corrected chi connectivity index (χ4v) is 1.16. The van der Waals surface area contributed by atoms with Crippen LogP contribution in [0.1, 0.15) is 41.5 Å². The van der Waals surface area contributed by atoms with Crippen molar-refractivity contribution in [3.63, 3.8) is 0 Å². The van der Waals surface area contributed by atoms with Gasteiger partial charge in [-0.05, 0) is 41.5 Å². The minimum atomic E-state index is -1.12. The van der Waals surface area contributed by atoms with Crippen molar-refractivity contribution >= 4 is 12.0 Å². The van der Waals surface area contributed by atoms with Gasteiger partial charge in [0.1, 0.15) is 0 Å². The number of hydrogen-bond acceptors (Lipinski definition) is 3. The van der Waals surface area contributed by atoms with E-state index in [2.05, 4.69) is 5.32 Å². The Morgan fingerprint density at radius 3 is 1.84 bits per heavy atom. The van der Waals surface area contributed by atoms with E-state index in [-0.39, 0.29) is 6.61 Å². The number of hydrogen-bond donors (Lipinski definition) is 3. The molecule has 3 N–H and O–H groups in total. The van der Waals surface area contributed by atoms with Crippen molar-refractivity contribution in [2.24, 2.45) is 5.41 Å². The maximum Gasteiger partial charge on any atom is 0.318 e. The molecule has 0 fully saturated rings. The number of carbonyl (C=O) groups is 2. The average Bonchev–Trinajstić information content (AvgIpc) is 2.26. The average molecular weight is 274 g/mol. The van der Waals surface area contributed by atoms with E-state index in [1.165, 1.54) is 4.90 Å². The van der Waals surface area contributed by atoms with Gasteiger partial charge in [0, 0.05) is 7.05 Å². The first kappa shape index (κ1) is 17.7. The standard InChI is InChI=1S/C13H26N2O4/c1-11(2,8-16)15(7)10(19)14-13(5,6)12(3,4)9(17)18/h16H,8H2,1-7H3,(H,14,19)(H,17,18). The smallest absolute Gasteiger partial charge is 0.318 e. The van der Waals surface area contributed by atoms with Gasteiger partial charge in [-0.1, -0.05) is 0 Å². The Bertz CT molecular complexity index is 362. The van der Waals surface area contributed by atoms with Crippen LogP contribution in [0.5, 0.6) is 0 Å². The molecule has 0 aliphatic rings. The zero-order valence-corrected chi connectivity index (χ0v) is 12.9. The van der Waals surface area contributed by atoms with Crippen LogP contribution in [0, 0.1) is 5.41 Å². The first-order valence-electron chi connectivity index (χ1n) is 6.20. The van der Waals surface area contributed by atoms with E-state index in [1.807, 2.05) is 0 Å². The topological polar surface area (TPSA) is 89.9 Å². The third kappa shape index (κ3) is 3.59. The predicted octanol–water partition coefficient (Wildman–Crippen LogP) is 1.29. The molecule has 0 rings (SSSR count). The molecule has 6 heteroatoms. The summed E-state index contributed by atoms with van der Waals surface area (Å²) in [5, 5.41) is 21.2. The summed E-state index contributed by atoms with van der Waals surface area (Å²) in [6.07, 6.45) is 0. The van der Waals surface area contributed by atoms with Crippen LogP contribution in [0.25, 0.3) is 0 Å². The van der Waals surface area contributed by atoms with E-state index in [9.17, 15) is 19.8 Å². The number of carbonyl (C=O) groups excluding carboxylic acids is 1. The van der Waals surface area contributed by atoms with Crippen molar-refractivity contribution in [3.05, 3.63) is 0 Å². The van der Waals surface area contributed by atoms with Crippen molar-refractivity contribution in [2.45, 2.75) is 52.6 Å². The molecule has 0 aromatic heterocycles. The number of aliphatic carboxylic acids is 1. The molecule has 2 amide bonds. The summed E-state index contributed by atoms with van der Waals surface area (Å²) in [5.74, 6) is -0.984. The number of carboxylic acid groups (broad SMARTS) is 1. The van der Waals surface area contributed by atoms with E-state index in [0.29, 0.717) is 0 Å². The van der Waals surface area contributed by atoms with Crippen LogP contribution < -0.4 is 5.32 Å². The zero-order chi connectivity index (χ0) is 15.6. The van der Waals surface area contributed by atoms with Gasteiger partial charge in [-0.2, -0.15) is 0 Å². The lowest BCUT2D eigenvalue weighted by Gasteiger charge is -2.42. The number of amides is 2. The highest BCUT2D eigenvalue weighted by Gasteiger charge is 2.45. The number of likely N-dealkylation sites (N-methyl/N-ethyl adjacent to an activating group) is 1. The zero-order valence-electron chi connectivity index (χ0n) is 12.9. The predicted molar refractivity (Wildman–Crippen MR) is 73.0 cm³/mol. The molecule has 6 nitrogen and oxygen atoms in total. The van der Waals surface area contributed by atoms with Gasteiger partial charge >= 0.3 is 12.0 Å². The van der Waals surface area contributed by atoms with E-state index < -0.39 is 28.5 Å². The lowest BCUT2D eigenvalue weighted by atomic mass is 9.74. The van der Waals surface area contributed by atoms with Crippen molar-refractivity contribution in [3.8, 4) is 0 Å². The molecule has 0 saturated carbocycles. The Morgan fingerprint density at radius 1 is 1.11 bits per heavy atom. The number of aliphatic hydroxyl groups excluding tert-OH is 1. The number of rotatable bonds is 5. The van der Waals surface area contributed by atoms with Gasteiger partial charge in [-0.25, -0.2) is 4.79 Å². The Labute approximate surface area is 114 Å². The third-order valence-corrected chi connectivity index (χ3v) is 4.12. The van der Waals surface area contributed by atoms with E-state index >= 15 is 0 Å². The van der Waals surface area contributed by atoms with E-state index in [0.717, 1.165) is 0 Å². The van der Waals surface area contributed by atoms with Gasteiger partial charge in [0.05, 0.1) is 23.1 Å². The summed E-state index contributed by atoms with van der Waals surface area (Å²) < 4.78 is 0. The molecule has 0 saturated heterocycles. The molecule has 112 valence electrons. The quantitative estimate of drug-likeness (QED) is 0.704. The van der Waals surface area contributed by atoms with Crippen LogP contribution in [0.3, 0.4) is 0 Å². The van der Waals surface area contributed by atoms with Crippen LogP contribution in [-0.2, 0) is 4.79 Å². The van der Waals surface area contributed by atoms with Crippen molar-refractivity contribution in [1.29, 1.82) is 0 Å². The largest absolute Gasteiger partial charge is 0.481 e. The molecule has 0 atom stereocenters. The number of nitrogens with one attached hydrogen (secondary N) is 1. The highest BCUT2D eigenvalue weighted by molar-refractivity contribution is 5.80. The van der Waals surface area contributed by atoms with E-state index in [4.69, 9.17) is 0 Å². The molecule has 0 heterocycles. The highest BCUT2D eigenvalue weighted by Crippen LogP contribution is 2.31. The first-order valence-corrected chi connectivity index (χ1v) is 6.20. The van der Waals surface area contributed by atoms with Gasteiger partial charge in [0.2, 0.25) is 0 Å². The fourth-order valence-electron chi connectivity index (χ4n) is 1.16. The van der Waals surface area contributed by atoms with E-state index in [1.54, 1.807) is 48.6 Å². The van der Waals surface area contributed by atoms with Gasteiger partial charge < -0.3 is 20.4 Å². The fraction of sp³-hybridized carbons (Fsp3) is 0.846. The number of urea groups is 1.